The predicted octanol–water partition coefficient (Wildman–Crippen LogP) is 5.65. The molecule has 0 saturated carbocycles. The summed E-state index contributed by atoms with van der Waals surface area (Å²) in [5.41, 5.74) is 9.25. The minimum atomic E-state index is -3.37. The van der Waals surface area contributed by atoms with Gasteiger partial charge in [0, 0.05) is 34.6 Å². The lowest BCUT2D eigenvalue weighted by Crippen LogP contribution is -2.29. The maximum Gasteiger partial charge on any atom is 0.229 e. The minimum Gasteiger partial charge on any atom is -0.351 e. The highest BCUT2D eigenvalue weighted by Gasteiger charge is 2.42. The van der Waals surface area contributed by atoms with E-state index in [1.165, 1.54) is 11.1 Å². The Balaban J connectivity index is 1.65. The number of aryl methyl sites for hydroxylation is 3. The standard InChI is InChI=1S/C29H31N5O2S2/c1-18-9-10-19(2)26(16-18)33-20(3)17-24(21(33)4)28-27(25-8-6-7-15-30-25)31-29(37)34(28)23-13-11-22(12-14-23)32-38(5,35)36/h6-17,27-28,32H,1-5H3,(H,31,37)/t27-,28+/m0/s1. The first-order valence-electron chi connectivity index (χ1n) is 12.4. The third kappa shape index (κ3) is 4.91. The molecule has 1 aliphatic heterocycles. The molecule has 3 heterocycles. The fourth-order valence-corrected chi connectivity index (χ4v) is 6.18. The predicted molar refractivity (Wildman–Crippen MR) is 158 cm³/mol. The van der Waals surface area contributed by atoms with Crippen LogP contribution in [0.25, 0.3) is 5.69 Å². The molecule has 0 spiro atoms. The zero-order valence-corrected chi connectivity index (χ0v) is 23.7. The van der Waals surface area contributed by atoms with Crippen LogP contribution in [0.4, 0.5) is 11.4 Å². The number of aromatic nitrogens is 2. The Morgan fingerprint density at radius 2 is 1.71 bits per heavy atom. The molecule has 2 aromatic carbocycles. The summed E-state index contributed by atoms with van der Waals surface area (Å²) in [5.74, 6) is 0. The number of anilines is 2. The van der Waals surface area contributed by atoms with E-state index in [1.807, 2.05) is 30.3 Å². The molecule has 4 aromatic rings. The largest absolute Gasteiger partial charge is 0.351 e. The van der Waals surface area contributed by atoms with Gasteiger partial charge in [-0.05, 0) is 105 Å². The minimum absolute atomic E-state index is 0.170. The maximum absolute atomic E-state index is 11.7. The molecule has 38 heavy (non-hydrogen) atoms. The summed E-state index contributed by atoms with van der Waals surface area (Å²) in [5, 5.41) is 4.10. The molecule has 1 fully saturated rings. The lowest BCUT2D eigenvalue weighted by Gasteiger charge is -2.28. The average Bonchev–Trinajstić information content (AvgIpc) is 3.36. The maximum atomic E-state index is 11.7. The summed E-state index contributed by atoms with van der Waals surface area (Å²) in [6.45, 7) is 8.52. The molecule has 9 heteroatoms. The van der Waals surface area contributed by atoms with Crippen molar-refractivity contribution in [3.63, 3.8) is 0 Å². The topological polar surface area (TPSA) is 79.3 Å². The zero-order chi connectivity index (χ0) is 27.2. The molecule has 196 valence electrons. The number of nitrogens with one attached hydrogen (secondary N) is 2. The van der Waals surface area contributed by atoms with Crippen molar-refractivity contribution < 1.29 is 8.42 Å². The number of sulfonamides is 1. The van der Waals surface area contributed by atoms with Crippen LogP contribution in [0.2, 0.25) is 0 Å². The number of nitrogens with zero attached hydrogens (tertiary/aromatic N) is 3. The van der Waals surface area contributed by atoms with Crippen LogP contribution in [0, 0.1) is 27.7 Å². The van der Waals surface area contributed by atoms with Crippen LogP contribution >= 0.6 is 12.2 Å². The van der Waals surface area contributed by atoms with Gasteiger partial charge in [0.15, 0.2) is 5.11 Å². The van der Waals surface area contributed by atoms with Gasteiger partial charge in [0.2, 0.25) is 10.0 Å². The normalized spacial score (nSPS) is 17.5. The molecule has 0 radical (unpaired) electrons. The van der Waals surface area contributed by atoms with E-state index in [-0.39, 0.29) is 12.1 Å². The van der Waals surface area contributed by atoms with E-state index in [0.29, 0.717) is 10.8 Å². The van der Waals surface area contributed by atoms with Gasteiger partial charge in [0.05, 0.1) is 24.0 Å². The molecule has 2 N–H and O–H groups in total. The number of benzene rings is 2. The van der Waals surface area contributed by atoms with Gasteiger partial charge in [-0.25, -0.2) is 8.42 Å². The second-order valence-corrected chi connectivity index (χ2v) is 12.0. The summed E-state index contributed by atoms with van der Waals surface area (Å²) < 4.78 is 28.2. The third-order valence-corrected chi connectivity index (χ3v) is 7.86. The van der Waals surface area contributed by atoms with Crippen LogP contribution < -0.4 is 14.9 Å². The van der Waals surface area contributed by atoms with Gasteiger partial charge in [-0.1, -0.05) is 18.2 Å². The molecule has 7 nitrogen and oxygen atoms in total. The number of hydrogen-bond acceptors (Lipinski definition) is 4. The van der Waals surface area contributed by atoms with Crippen LogP contribution in [-0.4, -0.2) is 29.3 Å². The van der Waals surface area contributed by atoms with E-state index in [0.717, 1.165) is 40.3 Å². The first-order chi connectivity index (χ1) is 18.0. The van der Waals surface area contributed by atoms with Gasteiger partial charge in [0.25, 0.3) is 0 Å². The van der Waals surface area contributed by atoms with Crippen LogP contribution in [-0.2, 0) is 10.0 Å². The van der Waals surface area contributed by atoms with Crippen molar-refractivity contribution in [2.75, 3.05) is 15.9 Å². The van der Waals surface area contributed by atoms with E-state index in [1.54, 1.807) is 18.3 Å². The molecule has 0 bridgehead atoms. The van der Waals surface area contributed by atoms with Gasteiger partial charge in [-0.2, -0.15) is 0 Å². The molecular weight excluding hydrogens is 514 g/mol. The Labute approximate surface area is 229 Å². The first kappa shape index (κ1) is 25.9. The summed E-state index contributed by atoms with van der Waals surface area (Å²) in [7, 11) is -3.37. The Hall–Kier alpha value is -3.69. The van der Waals surface area contributed by atoms with Crippen molar-refractivity contribution in [1.29, 1.82) is 0 Å². The van der Waals surface area contributed by atoms with Crippen molar-refractivity contribution in [1.82, 2.24) is 14.9 Å². The number of hydrogen-bond donors (Lipinski definition) is 2. The van der Waals surface area contributed by atoms with Crippen molar-refractivity contribution in [3.8, 4) is 5.69 Å². The van der Waals surface area contributed by atoms with Crippen LogP contribution in [0.3, 0.4) is 0 Å². The van der Waals surface area contributed by atoms with Gasteiger partial charge in [-0.3, -0.25) is 9.71 Å². The van der Waals surface area contributed by atoms with Crippen LogP contribution in [0.5, 0.6) is 0 Å². The highest BCUT2D eigenvalue weighted by atomic mass is 32.2. The first-order valence-corrected chi connectivity index (χ1v) is 14.7. The average molecular weight is 546 g/mol. The number of rotatable bonds is 6. The number of thiocarbonyl (C=S) groups is 1. The second kappa shape index (κ2) is 9.89. The number of pyridine rings is 1. The quantitative estimate of drug-likeness (QED) is 0.305. The molecule has 5 rings (SSSR count). The molecule has 0 aliphatic carbocycles. The van der Waals surface area contributed by atoms with Crippen molar-refractivity contribution in [3.05, 3.63) is 107 Å². The van der Waals surface area contributed by atoms with E-state index in [9.17, 15) is 8.42 Å². The van der Waals surface area contributed by atoms with Gasteiger partial charge >= 0.3 is 0 Å². The fourth-order valence-electron chi connectivity index (χ4n) is 5.27. The molecule has 1 saturated heterocycles. The Morgan fingerprint density at radius 1 is 0.974 bits per heavy atom. The van der Waals surface area contributed by atoms with E-state index in [2.05, 4.69) is 76.5 Å². The Kier molecular flexibility index (Phi) is 6.75. The molecular formula is C29H31N5O2S2. The lowest BCUT2D eigenvalue weighted by molar-refractivity contribution is 0.565. The third-order valence-electron chi connectivity index (χ3n) is 6.94. The summed E-state index contributed by atoms with van der Waals surface area (Å²) in [4.78, 5) is 6.77. The molecule has 2 atom stereocenters. The Morgan fingerprint density at radius 3 is 2.37 bits per heavy atom. The molecule has 0 amide bonds. The highest BCUT2D eigenvalue weighted by Crippen LogP contribution is 2.44. The van der Waals surface area contributed by atoms with Gasteiger partial charge in [0.1, 0.15) is 0 Å². The van der Waals surface area contributed by atoms with E-state index in [4.69, 9.17) is 12.2 Å². The lowest BCUT2D eigenvalue weighted by atomic mass is 9.96. The van der Waals surface area contributed by atoms with Gasteiger partial charge < -0.3 is 14.8 Å². The smallest absolute Gasteiger partial charge is 0.229 e. The molecule has 0 unspecified atom stereocenters. The second-order valence-electron chi connectivity index (χ2n) is 9.87. The fraction of sp³-hybridized carbons (Fsp3) is 0.241. The van der Waals surface area contributed by atoms with Crippen LogP contribution in [0.15, 0.2) is 72.9 Å². The molecule has 2 aromatic heterocycles. The van der Waals surface area contributed by atoms with E-state index < -0.39 is 10.0 Å². The Bertz CT molecular complexity index is 1610. The summed E-state index contributed by atoms with van der Waals surface area (Å²) >= 11 is 5.88. The molecule has 1 aliphatic rings. The highest BCUT2D eigenvalue weighted by molar-refractivity contribution is 7.92. The summed E-state index contributed by atoms with van der Waals surface area (Å²) in [6, 6.07) is 21.6. The summed E-state index contributed by atoms with van der Waals surface area (Å²) in [6.07, 6.45) is 2.93. The SMILES string of the molecule is Cc1ccc(C)c(-n2c(C)cc([C@@H]3[C@H](c4ccccn4)NC(=S)N3c3ccc(NS(C)(=O)=O)cc3)c2C)c1. The van der Waals surface area contributed by atoms with Crippen molar-refractivity contribution in [2.45, 2.75) is 39.8 Å². The van der Waals surface area contributed by atoms with Crippen molar-refractivity contribution in [2.24, 2.45) is 0 Å². The van der Waals surface area contributed by atoms with E-state index >= 15 is 0 Å². The van der Waals surface area contributed by atoms with Crippen LogP contribution in [0.1, 0.15) is 45.9 Å². The monoisotopic (exact) mass is 545 g/mol. The van der Waals surface area contributed by atoms with Gasteiger partial charge in [-0.15, -0.1) is 0 Å². The zero-order valence-electron chi connectivity index (χ0n) is 22.1. The van der Waals surface area contributed by atoms with Crippen molar-refractivity contribution >= 4 is 38.7 Å².